The summed E-state index contributed by atoms with van der Waals surface area (Å²) in [5.41, 5.74) is 3.74. The number of carbonyl (C=O) groups is 1. The number of aromatic nitrogens is 1. The molecular weight excluding hydrogens is 198 g/mol. The van der Waals surface area contributed by atoms with Crippen LogP contribution in [-0.2, 0) is 7.05 Å². The molecule has 0 aliphatic carbocycles. The number of hydrogen-bond acceptors (Lipinski definition) is 1. The Bertz CT molecular complexity index is 520. The lowest BCUT2D eigenvalue weighted by Crippen LogP contribution is -2.07. The Kier molecular flexibility index (Phi) is 2.65. The highest BCUT2D eigenvalue weighted by atomic mass is 16.1. The van der Waals surface area contributed by atoms with Gasteiger partial charge in [0.15, 0.2) is 0 Å². The highest BCUT2D eigenvalue weighted by molar-refractivity contribution is 6.08. The van der Waals surface area contributed by atoms with Crippen LogP contribution in [0.25, 0.3) is 0 Å². The van der Waals surface area contributed by atoms with E-state index in [2.05, 4.69) is 0 Å². The van der Waals surface area contributed by atoms with Crippen LogP contribution in [0, 0.1) is 13.8 Å². The van der Waals surface area contributed by atoms with Gasteiger partial charge in [0.05, 0.1) is 5.69 Å². The van der Waals surface area contributed by atoms with Gasteiger partial charge in [0.2, 0.25) is 5.78 Å². The molecule has 0 N–H and O–H groups in total. The van der Waals surface area contributed by atoms with Gasteiger partial charge in [-0.15, -0.1) is 0 Å². The molecule has 0 atom stereocenters. The van der Waals surface area contributed by atoms with Gasteiger partial charge in [-0.25, -0.2) is 0 Å². The van der Waals surface area contributed by atoms with Crippen LogP contribution < -0.4 is 0 Å². The smallest absolute Gasteiger partial charge is 0.209 e. The summed E-state index contributed by atoms with van der Waals surface area (Å²) in [6.07, 6.45) is 0. The second-order valence-corrected chi connectivity index (χ2v) is 4.11. The molecule has 82 valence electrons. The molecule has 0 spiro atoms. The zero-order valence-electron chi connectivity index (χ0n) is 9.82. The molecule has 0 aliphatic heterocycles. The minimum absolute atomic E-state index is 0.0793. The molecule has 1 heterocycles. The fourth-order valence-electron chi connectivity index (χ4n) is 1.69. The minimum atomic E-state index is 0.0793. The summed E-state index contributed by atoms with van der Waals surface area (Å²) in [6.45, 7) is 4.01. The maximum atomic E-state index is 12.2. The van der Waals surface area contributed by atoms with Crippen LogP contribution in [0.3, 0.4) is 0 Å². The van der Waals surface area contributed by atoms with Crippen LogP contribution in [0.2, 0.25) is 0 Å². The summed E-state index contributed by atoms with van der Waals surface area (Å²) in [7, 11) is 1.91. The van der Waals surface area contributed by atoms with Crippen molar-refractivity contribution >= 4 is 5.78 Å². The van der Waals surface area contributed by atoms with E-state index in [0.717, 1.165) is 17.0 Å². The van der Waals surface area contributed by atoms with E-state index in [0.29, 0.717) is 0 Å². The monoisotopic (exact) mass is 213 g/mol. The van der Waals surface area contributed by atoms with E-state index in [1.807, 2.05) is 61.9 Å². The average molecular weight is 213 g/mol. The zero-order chi connectivity index (χ0) is 11.7. The lowest BCUT2D eigenvalue weighted by atomic mass is 10.1. The topological polar surface area (TPSA) is 22.0 Å². The molecule has 0 amide bonds. The lowest BCUT2D eigenvalue weighted by molar-refractivity contribution is 0.103. The third kappa shape index (κ3) is 1.78. The van der Waals surface area contributed by atoms with Crippen molar-refractivity contribution in [3.63, 3.8) is 0 Å². The SMILES string of the molecule is Cc1ccc(C(=O)c2ccc(C)n2C)cc1. The van der Waals surface area contributed by atoms with Crippen molar-refractivity contribution in [2.75, 3.05) is 0 Å². The Balaban J connectivity index is 2.39. The van der Waals surface area contributed by atoms with E-state index >= 15 is 0 Å². The molecule has 0 unspecified atom stereocenters. The summed E-state index contributed by atoms with van der Waals surface area (Å²) >= 11 is 0. The molecule has 2 heteroatoms. The fourth-order valence-corrected chi connectivity index (χ4v) is 1.69. The summed E-state index contributed by atoms with van der Waals surface area (Å²) in [6, 6.07) is 11.5. The Hall–Kier alpha value is -1.83. The van der Waals surface area contributed by atoms with Gasteiger partial charge in [-0.2, -0.15) is 0 Å². The predicted molar refractivity (Wildman–Crippen MR) is 64.8 cm³/mol. The first-order valence-corrected chi connectivity index (χ1v) is 5.33. The van der Waals surface area contributed by atoms with Gasteiger partial charge in [-0.3, -0.25) is 4.79 Å². The van der Waals surface area contributed by atoms with Crippen LogP contribution in [0.15, 0.2) is 36.4 Å². The molecule has 1 aromatic carbocycles. The first-order valence-electron chi connectivity index (χ1n) is 5.33. The standard InChI is InChI=1S/C14H15NO/c1-10-4-7-12(8-5-10)14(16)13-9-6-11(2)15(13)3/h4-9H,1-3H3. The van der Waals surface area contributed by atoms with E-state index in [1.165, 1.54) is 5.56 Å². The van der Waals surface area contributed by atoms with Gasteiger partial charge in [-0.05, 0) is 26.0 Å². The van der Waals surface area contributed by atoms with Crippen LogP contribution in [-0.4, -0.2) is 10.4 Å². The Morgan fingerprint density at radius 2 is 1.62 bits per heavy atom. The summed E-state index contributed by atoms with van der Waals surface area (Å²) in [5.74, 6) is 0.0793. The second-order valence-electron chi connectivity index (χ2n) is 4.11. The molecule has 0 saturated heterocycles. The molecule has 0 saturated carbocycles. The van der Waals surface area contributed by atoms with Crippen LogP contribution in [0.4, 0.5) is 0 Å². The Morgan fingerprint density at radius 1 is 1.00 bits per heavy atom. The molecule has 2 nitrogen and oxygen atoms in total. The summed E-state index contributed by atoms with van der Waals surface area (Å²) < 4.78 is 1.92. The predicted octanol–water partition coefficient (Wildman–Crippen LogP) is 2.87. The third-order valence-corrected chi connectivity index (χ3v) is 2.92. The second kappa shape index (κ2) is 3.97. The molecule has 16 heavy (non-hydrogen) atoms. The van der Waals surface area contributed by atoms with Crippen molar-refractivity contribution in [3.8, 4) is 0 Å². The Morgan fingerprint density at radius 3 is 2.12 bits per heavy atom. The molecular formula is C14H15NO. The number of rotatable bonds is 2. The number of carbonyl (C=O) groups excluding carboxylic acids is 1. The number of benzene rings is 1. The molecule has 0 fully saturated rings. The molecule has 1 aromatic heterocycles. The van der Waals surface area contributed by atoms with Gasteiger partial charge < -0.3 is 4.57 Å². The Labute approximate surface area is 95.5 Å². The summed E-state index contributed by atoms with van der Waals surface area (Å²) in [5, 5.41) is 0. The summed E-state index contributed by atoms with van der Waals surface area (Å²) in [4.78, 5) is 12.2. The average Bonchev–Trinajstić information content (AvgIpc) is 2.60. The van der Waals surface area contributed by atoms with Gasteiger partial charge in [0.1, 0.15) is 0 Å². The van der Waals surface area contributed by atoms with Crippen molar-refractivity contribution in [2.24, 2.45) is 7.05 Å². The van der Waals surface area contributed by atoms with Gasteiger partial charge in [0.25, 0.3) is 0 Å². The van der Waals surface area contributed by atoms with Crippen LogP contribution in [0.1, 0.15) is 27.3 Å². The van der Waals surface area contributed by atoms with Gasteiger partial charge >= 0.3 is 0 Å². The number of nitrogens with zero attached hydrogens (tertiary/aromatic N) is 1. The number of aryl methyl sites for hydroxylation is 2. The van der Waals surface area contributed by atoms with Crippen molar-refractivity contribution in [1.82, 2.24) is 4.57 Å². The van der Waals surface area contributed by atoms with Crippen molar-refractivity contribution < 1.29 is 4.79 Å². The van der Waals surface area contributed by atoms with Crippen molar-refractivity contribution in [3.05, 3.63) is 58.9 Å². The minimum Gasteiger partial charge on any atom is -0.345 e. The zero-order valence-corrected chi connectivity index (χ0v) is 9.82. The van der Waals surface area contributed by atoms with E-state index in [-0.39, 0.29) is 5.78 Å². The molecule has 0 radical (unpaired) electrons. The van der Waals surface area contributed by atoms with E-state index in [4.69, 9.17) is 0 Å². The van der Waals surface area contributed by atoms with Gasteiger partial charge in [-0.1, -0.05) is 29.8 Å². The third-order valence-electron chi connectivity index (χ3n) is 2.92. The van der Waals surface area contributed by atoms with Gasteiger partial charge in [0, 0.05) is 18.3 Å². The van der Waals surface area contributed by atoms with Crippen LogP contribution >= 0.6 is 0 Å². The molecule has 0 aliphatic rings. The van der Waals surface area contributed by atoms with E-state index in [9.17, 15) is 4.79 Å². The van der Waals surface area contributed by atoms with Crippen molar-refractivity contribution in [2.45, 2.75) is 13.8 Å². The highest BCUT2D eigenvalue weighted by Crippen LogP contribution is 2.13. The number of ketones is 1. The van der Waals surface area contributed by atoms with Crippen molar-refractivity contribution in [1.29, 1.82) is 0 Å². The normalized spacial score (nSPS) is 10.4. The van der Waals surface area contributed by atoms with Crippen LogP contribution in [0.5, 0.6) is 0 Å². The quantitative estimate of drug-likeness (QED) is 0.703. The fraction of sp³-hybridized carbons (Fsp3) is 0.214. The number of hydrogen-bond donors (Lipinski definition) is 0. The first-order chi connectivity index (χ1) is 7.59. The maximum Gasteiger partial charge on any atom is 0.209 e. The molecule has 0 bridgehead atoms. The van der Waals surface area contributed by atoms with E-state index in [1.54, 1.807) is 0 Å². The lowest BCUT2D eigenvalue weighted by Gasteiger charge is -2.04. The first kappa shape index (κ1) is 10.7. The highest BCUT2D eigenvalue weighted by Gasteiger charge is 2.12. The molecule has 2 aromatic rings. The van der Waals surface area contributed by atoms with E-state index < -0.39 is 0 Å². The maximum absolute atomic E-state index is 12.2. The molecule has 2 rings (SSSR count). The largest absolute Gasteiger partial charge is 0.345 e.